The largest absolute Gasteiger partial charge is 0.484 e. The van der Waals surface area contributed by atoms with Crippen LogP contribution in [0.3, 0.4) is 0 Å². The van der Waals surface area contributed by atoms with E-state index in [1.54, 1.807) is 12.1 Å². The summed E-state index contributed by atoms with van der Waals surface area (Å²) in [4.78, 5) is 6.89. The molecule has 0 atom stereocenters. The van der Waals surface area contributed by atoms with E-state index >= 15 is 0 Å². The number of likely N-dealkylation sites (tertiary alicyclic amines) is 1. The topological polar surface area (TPSA) is 48.9 Å². The molecular weight excluding hydrogens is 508 g/mol. The van der Waals surface area contributed by atoms with Crippen LogP contribution < -0.4 is 15.4 Å². The van der Waals surface area contributed by atoms with Crippen LogP contribution in [0, 0.1) is 12.8 Å². The summed E-state index contributed by atoms with van der Waals surface area (Å²) in [6, 6.07) is 5.25. The first-order valence-electron chi connectivity index (χ1n) is 10.3. The molecule has 0 amide bonds. The molecule has 172 valence electrons. The predicted molar refractivity (Wildman–Crippen MR) is 126 cm³/mol. The molecule has 2 N–H and O–H groups in total. The fraction of sp³-hybridized carbons (Fsp3) is 0.667. The van der Waals surface area contributed by atoms with Crippen LogP contribution in [0.1, 0.15) is 37.3 Å². The van der Waals surface area contributed by atoms with Gasteiger partial charge in [0, 0.05) is 18.7 Å². The Bertz CT molecular complexity index is 662. The lowest BCUT2D eigenvalue weighted by Crippen LogP contribution is -2.39. The van der Waals surface area contributed by atoms with Crippen molar-refractivity contribution in [2.75, 3.05) is 39.8 Å². The van der Waals surface area contributed by atoms with E-state index in [4.69, 9.17) is 4.74 Å². The smallest absolute Gasteiger partial charge is 0.422 e. The van der Waals surface area contributed by atoms with Gasteiger partial charge >= 0.3 is 6.18 Å². The summed E-state index contributed by atoms with van der Waals surface area (Å²) in [6.45, 7) is 6.58. The average molecular weight is 542 g/mol. The van der Waals surface area contributed by atoms with E-state index in [2.05, 4.69) is 27.6 Å². The average Bonchev–Trinajstić information content (AvgIpc) is 2.66. The van der Waals surface area contributed by atoms with Crippen molar-refractivity contribution >= 4 is 29.9 Å². The maximum atomic E-state index is 12.5. The molecule has 9 heteroatoms. The molecule has 1 heterocycles. The van der Waals surface area contributed by atoms with E-state index in [1.165, 1.54) is 12.8 Å². The van der Waals surface area contributed by atoms with Crippen molar-refractivity contribution in [3.8, 4) is 5.75 Å². The first kappa shape index (κ1) is 26.8. The van der Waals surface area contributed by atoms with Crippen molar-refractivity contribution in [1.29, 1.82) is 0 Å². The SMILES string of the molecule is CCNC(=NCc1ccc(C)cc1OCC(F)(F)F)NCCC1CCN(C)CC1.I. The Labute approximate surface area is 194 Å². The summed E-state index contributed by atoms with van der Waals surface area (Å²) in [6.07, 6.45) is -0.846. The van der Waals surface area contributed by atoms with Gasteiger partial charge < -0.3 is 20.3 Å². The summed E-state index contributed by atoms with van der Waals surface area (Å²) in [5, 5.41) is 6.54. The summed E-state index contributed by atoms with van der Waals surface area (Å²) >= 11 is 0. The van der Waals surface area contributed by atoms with Gasteiger partial charge in [-0.2, -0.15) is 13.2 Å². The van der Waals surface area contributed by atoms with Crippen LogP contribution in [-0.4, -0.2) is 56.9 Å². The molecule has 30 heavy (non-hydrogen) atoms. The van der Waals surface area contributed by atoms with E-state index in [-0.39, 0.29) is 36.3 Å². The summed E-state index contributed by atoms with van der Waals surface area (Å²) < 4.78 is 42.6. The molecule has 5 nitrogen and oxygen atoms in total. The first-order chi connectivity index (χ1) is 13.8. The van der Waals surface area contributed by atoms with Crippen LogP contribution in [0.5, 0.6) is 5.75 Å². The number of alkyl halides is 3. The van der Waals surface area contributed by atoms with Gasteiger partial charge in [-0.05, 0) is 70.8 Å². The second-order valence-electron chi connectivity index (χ2n) is 7.67. The third kappa shape index (κ3) is 10.2. The Hall–Kier alpha value is -1.23. The standard InChI is InChI=1S/C21H33F3N4O.HI/c1-4-25-20(26-10-7-17-8-11-28(3)12-9-17)27-14-18-6-5-16(2)13-19(18)29-15-21(22,23)24;/h5-6,13,17H,4,7-12,14-15H2,1-3H3,(H2,25,26,27);1H. The van der Waals surface area contributed by atoms with Crippen LogP contribution in [0.25, 0.3) is 0 Å². The zero-order valence-electron chi connectivity index (χ0n) is 18.0. The molecule has 1 aliphatic rings. The first-order valence-corrected chi connectivity index (χ1v) is 10.3. The molecule has 0 aromatic heterocycles. The maximum Gasteiger partial charge on any atom is 0.422 e. The van der Waals surface area contributed by atoms with Gasteiger partial charge in [-0.15, -0.1) is 24.0 Å². The zero-order chi connectivity index (χ0) is 21.3. The second-order valence-corrected chi connectivity index (χ2v) is 7.67. The molecule has 1 aliphatic heterocycles. The number of guanidine groups is 1. The van der Waals surface area contributed by atoms with Gasteiger partial charge in [-0.3, -0.25) is 0 Å². The number of piperidine rings is 1. The molecule has 1 saturated heterocycles. The molecule has 0 bridgehead atoms. The number of hydrogen-bond donors (Lipinski definition) is 2. The normalized spacial score (nSPS) is 16.1. The van der Waals surface area contributed by atoms with Crippen LogP contribution >= 0.6 is 24.0 Å². The molecule has 1 fully saturated rings. The lowest BCUT2D eigenvalue weighted by molar-refractivity contribution is -0.153. The van der Waals surface area contributed by atoms with Crippen LogP contribution in [0.2, 0.25) is 0 Å². The van der Waals surface area contributed by atoms with Crippen molar-refractivity contribution in [1.82, 2.24) is 15.5 Å². The lowest BCUT2D eigenvalue weighted by Gasteiger charge is -2.29. The van der Waals surface area contributed by atoms with Crippen molar-refractivity contribution in [3.63, 3.8) is 0 Å². The Morgan fingerprint density at radius 2 is 1.93 bits per heavy atom. The highest BCUT2D eigenvalue weighted by Crippen LogP contribution is 2.24. The molecule has 0 radical (unpaired) electrons. The lowest BCUT2D eigenvalue weighted by atomic mass is 9.94. The summed E-state index contributed by atoms with van der Waals surface area (Å²) in [7, 11) is 2.15. The van der Waals surface area contributed by atoms with Crippen molar-refractivity contribution < 1.29 is 17.9 Å². The van der Waals surface area contributed by atoms with E-state index in [0.29, 0.717) is 18.1 Å². The number of hydrogen-bond acceptors (Lipinski definition) is 3. The van der Waals surface area contributed by atoms with Gasteiger partial charge in [0.05, 0.1) is 6.54 Å². The fourth-order valence-electron chi connectivity index (χ4n) is 3.34. The molecule has 0 saturated carbocycles. The zero-order valence-corrected chi connectivity index (χ0v) is 20.3. The van der Waals surface area contributed by atoms with E-state index in [1.807, 2.05) is 19.9 Å². The third-order valence-electron chi connectivity index (χ3n) is 5.05. The van der Waals surface area contributed by atoms with Gasteiger partial charge in [0.15, 0.2) is 12.6 Å². The number of nitrogens with one attached hydrogen (secondary N) is 2. The summed E-state index contributed by atoms with van der Waals surface area (Å²) in [5.41, 5.74) is 1.48. The second kappa shape index (κ2) is 13.2. The van der Waals surface area contributed by atoms with Crippen molar-refractivity contribution in [2.24, 2.45) is 10.9 Å². The van der Waals surface area contributed by atoms with Crippen molar-refractivity contribution in [2.45, 2.75) is 45.8 Å². The predicted octanol–water partition coefficient (Wildman–Crippen LogP) is 4.34. The Morgan fingerprint density at radius 3 is 2.57 bits per heavy atom. The van der Waals surface area contributed by atoms with Gasteiger partial charge in [-0.25, -0.2) is 4.99 Å². The van der Waals surface area contributed by atoms with E-state index in [9.17, 15) is 13.2 Å². The third-order valence-corrected chi connectivity index (χ3v) is 5.05. The number of halogens is 4. The van der Waals surface area contributed by atoms with E-state index in [0.717, 1.165) is 37.5 Å². The molecule has 0 unspecified atom stereocenters. The van der Waals surface area contributed by atoms with Crippen LogP contribution in [0.4, 0.5) is 13.2 Å². The number of ether oxygens (including phenoxy) is 1. The van der Waals surface area contributed by atoms with Gasteiger partial charge in [-0.1, -0.05) is 12.1 Å². The van der Waals surface area contributed by atoms with E-state index < -0.39 is 12.8 Å². The van der Waals surface area contributed by atoms with Gasteiger partial charge in [0.2, 0.25) is 0 Å². The highest BCUT2D eigenvalue weighted by Gasteiger charge is 2.28. The van der Waals surface area contributed by atoms with Gasteiger partial charge in [0.1, 0.15) is 5.75 Å². The number of aryl methyl sites for hydroxylation is 1. The highest BCUT2D eigenvalue weighted by atomic mass is 127. The minimum absolute atomic E-state index is 0. The molecule has 0 aliphatic carbocycles. The Balaban J connectivity index is 0.00000450. The van der Waals surface area contributed by atoms with Gasteiger partial charge in [0.25, 0.3) is 0 Å². The Kier molecular flexibility index (Phi) is 11.8. The minimum Gasteiger partial charge on any atom is -0.484 e. The number of aliphatic imine (C=N–C) groups is 1. The molecule has 1 aromatic carbocycles. The number of rotatable bonds is 8. The van der Waals surface area contributed by atoms with Crippen LogP contribution in [-0.2, 0) is 6.54 Å². The monoisotopic (exact) mass is 542 g/mol. The maximum absolute atomic E-state index is 12.5. The van der Waals surface area contributed by atoms with Crippen LogP contribution in [0.15, 0.2) is 23.2 Å². The Morgan fingerprint density at radius 1 is 1.23 bits per heavy atom. The number of benzene rings is 1. The number of nitrogens with zero attached hydrogens (tertiary/aromatic N) is 2. The molecule has 1 aromatic rings. The fourth-order valence-corrected chi connectivity index (χ4v) is 3.34. The van der Waals surface area contributed by atoms with Crippen molar-refractivity contribution in [3.05, 3.63) is 29.3 Å². The molecular formula is C21H34F3IN4O. The quantitative estimate of drug-likeness (QED) is 0.292. The molecule has 0 spiro atoms. The molecule has 2 rings (SSSR count). The summed E-state index contributed by atoms with van der Waals surface area (Å²) in [5.74, 6) is 1.62. The highest BCUT2D eigenvalue weighted by molar-refractivity contribution is 14.0. The minimum atomic E-state index is -4.37.